The molecular weight excluding hydrogens is 326 g/mol. The molecule has 0 aromatic heterocycles. The number of anilines is 1. The standard InChI is InChI=1S/C22H25NO3/c1-4-15(2)18-10-6-8-12-20(18)26-22(25)17-13-21(24)23(14-17)19-11-7-5-9-16(19)3/h5-12,15,17H,4,13-14H2,1-3H3/t15-,17-/m1/s1. The van der Waals surface area contributed by atoms with Crippen LogP contribution in [0.1, 0.15) is 43.7 Å². The fourth-order valence-electron chi connectivity index (χ4n) is 3.36. The van der Waals surface area contributed by atoms with Crippen LogP contribution in [-0.4, -0.2) is 18.4 Å². The monoisotopic (exact) mass is 351 g/mol. The molecule has 0 bridgehead atoms. The number of aryl methyl sites for hydroxylation is 1. The molecule has 1 amide bonds. The van der Waals surface area contributed by atoms with E-state index in [0.29, 0.717) is 18.2 Å². The summed E-state index contributed by atoms with van der Waals surface area (Å²) in [6, 6.07) is 15.4. The average molecular weight is 351 g/mol. The minimum Gasteiger partial charge on any atom is -0.426 e. The number of hydrogen-bond acceptors (Lipinski definition) is 3. The van der Waals surface area contributed by atoms with Crippen molar-refractivity contribution in [2.45, 2.75) is 39.5 Å². The summed E-state index contributed by atoms with van der Waals surface area (Å²) in [6.07, 6.45) is 1.16. The zero-order valence-electron chi connectivity index (χ0n) is 15.6. The Balaban J connectivity index is 1.74. The Morgan fingerprint density at radius 1 is 1.19 bits per heavy atom. The summed E-state index contributed by atoms with van der Waals surface area (Å²) in [5, 5.41) is 0. The van der Waals surface area contributed by atoms with E-state index in [-0.39, 0.29) is 18.3 Å². The predicted molar refractivity (Wildman–Crippen MR) is 102 cm³/mol. The molecule has 2 aromatic carbocycles. The highest BCUT2D eigenvalue weighted by molar-refractivity contribution is 6.00. The van der Waals surface area contributed by atoms with Crippen LogP contribution in [-0.2, 0) is 9.59 Å². The van der Waals surface area contributed by atoms with Crippen LogP contribution in [0.25, 0.3) is 0 Å². The van der Waals surface area contributed by atoms with Gasteiger partial charge in [0.25, 0.3) is 0 Å². The maximum atomic E-state index is 12.7. The van der Waals surface area contributed by atoms with Gasteiger partial charge in [-0.3, -0.25) is 9.59 Å². The molecule has 0 aliphatic carbocycles. The SMILES string of the molecule is CC[C@@H](C)c1ccccc1OC(=O)[C@@H]1CC(=O)N(c2ccccc2C)C1. The first-order valence-corrected chi connectivity index (χ1v) is 9.17. The van der Waals surface area contributed by atoms with Crippen LogP contribution in [0.3, 0.4) is 0 Å². The summed E-state index contributed by atoms with van der Waals surface area (Å²) in [6.45, 7) is 6.56. The normalized spacial score (nSPS) is 18.0. The molecule has 0 radical (unpaired) electrons. The molecule has 0 saturated carbocycles. The first-order valence-electron chi connectivity index (χ1n) is 9.17. The second kappa shape index (κ2) is 7.73. The average Bonchev–Trinajstić information content (AvgIpc) is 3.03. The number of nitrogens with zero attached hydrogens (tertiary/aromatic N) is 1. The lowest BCUT2D eigenvalue weighted by molar-refractivity contribution is -0.139. The summed E-state index contributed by atoms with van der Waals surface area (Å²) in [4.78, 5) is 26.8. The van der Waals surface area contributed by atoms with Gasteiger partial charge in [-0.2, -0.15) is 0 Å². The molecule has 1 saturated heterocycles. The van der Waals surface area contributed by atoms with Crippen LogP contribution in [0.5, 0.6) is 5.75 Å². The first kappa shape index (κ1) is 18.2. The Hall–Kier alpha value is -2.62. The van der Waals surface area contributed by atoms with Crippen LogP contribution in [0.4, 0.5) is 5.69 Å². The second-order valence-electron chi connectivity index (χ2n) is 6.96. The minimum absolute atomic E-state index is 0.0311. The van der Waals surface area contributed by atoms with Crippen LogP contribution in [0.2, 0.25) is 0 Å². The summed E-state index contributed by atoms with van der Waals surface area (Å²) >= 11 is 0. The maximum absolute atomic E-state index is 12.7. The molecule has 1 fully saturated rings. The van der Waals surface area contributed by atoms with Crippen LogP contribution >= 0.6 is 0 Å². The molecule has 2 aromatic rings. The number of hydrogen-bond donors (Lipinski definition) is 0. The molecule has 136 valence electrons. The van der Waals surface area contributed by atoms with Gasteiger partial charge >= 0.3 is 5.97 Å². The first-order chi connectivity index (χ1) is 12.5. The fourth-order valence-corrected chi connectivity index (χ4v) is 3.36. The summed E-state index contributed by atoms with van der Waals surface area (Å²) in [7, 11) is 0. The van der Waals surface area contributed by atoms with Crippen molar-refractivity contribution in [1.29, 1.82) is 0 Å². The molecule has 4 nitrogen and oxygen atoms in total. The molecule has 26 heavy (non-hydrogen) atoms. The molecule has 3 rings (SSSR count). The van der Waals surface area contributed by atoms with Gasteiger partial charge in [-0.25, -0.2) is 0 Å². The van der Waals surface area contributed by atoms with Gasteiger partial charge in [0.05, 0.1) is 5.92 Å². The Morgan fingerprint density at radius 3 is 2.62 bits per heavy atom. The number of amides is 1. The zero-order valence-corrected chi connectivity index (χ0v) is 15.6. The molecule has 2 atom stereocenters. The summed E-state index contributed by atoms with van der Waals surface area (Å²) < 4.78 is 5.70. The van der Waals surface area contributed by atoms with Gasteiger partial charge in [-0.1, -0.05) is 50.2 Å². The van der Waals surface area contributed by atoms with E-state index < -0.39 is 5.92 Å². The van der Waals surface area contributed by atoms with Gasteiger partial charge in [0.2, 0.25) is 5.91 Å². The predicted octanol–water partition coefficient (Wildman–Crippen LogP) is 4.47. The van der Waals surface area contributed by atoms with Gasteiger partial charge in [0.15, 0.2) is 0 Å². The van der Waals surface area contributed by atoms with Crippen molar-refractivity contribution in [3.63, 3.8) is 0 Å². The number of carbonyl (C=O) groups is 2. The Labute approximate surface area is 154 Å². The van der Waals surface area contributed by atoms with Crippen molar-refractivity contribution in [2.75, 3.05) is 11.4 Å². The van der Waals surface area contributed by atoms with Crippen molar-refractivity contribution in [3.05, 3.63) is 59.7 Å². The van der Waals surface area contributed by atoms with Crippen molar-refractivity contribution in [1.82, 2.24) is 0 Å². The Bertz CT molecular complexity index is 815. The number of benzene rings is 2. The third kappa shape index (κ3) is 3.64. The molecule has 1 aliphatic rings. The number of carbonyl (C=O) groups excluding carboxylic acids is 2. The van der Waals surface area contributed by atoms with E-state index in [9.17, 15) is 9.59 Å². The summed E-state index contributed by atoms with van der Waals surface area (Å²) in [5.74, 6) is 0.120. The zero-order chi connectivity index (χ0) is 18.7. The van der Waals surface area contributed by atoms with E-state index in [0.717, 1.165) is 23.2 Å². The van der Waals surface area contributed by atoms with Gasteiger partial charge < -0.3 is 9.64 Å². The molecule has 4 heteroatoms. The number of ether oxygens (including phenoxy) is 1. The topological polar surface area (TPSA) is 46.6 Å². The highest BCUT2D eigenvalue weighted by Crippen LogP contribution is 2.31. The van der Waals surface area contributed by atoms with Crippen molar-refractivity contribution >= 4 is 17.6 Å². The van der Waals surface area contributed by atoms with E-state index >= 15 is 0 Å². The minimum atomic E-state index is -0.438. The van der Waals surface area contributed by atoms with E-state index in [2.05, 4.69) is 13.8 Å². The van der Waals surface area contributed by atoms with E-state index in [1.54, 1.807) is 4.90 Å². The van der Waals surface area contributed by atoms with Crippen LogP contribution < -0.4 is 9.64 Å². The van der Waals surface area contributed by atoms with Gasteiger partial charge in [-0.05, 0) is 42.5 Å². The van der Waals surface area contributed by atoms with Crippen LogP contribution in [0, 0.1) is 12.8 Å². The second-order valence-corrected chi connectivity index (χ2v) is 6.96. The van der Waals surface area contributed by atoms with E-state index in [1.807, 2.05) is 55.5 Å². The Morgan fingerprint density at radius 2 is 1.88 bits per heavy atom. The fraction of sp³-hybridized carbons (Fsp3) is 0.364. The highest BCUT2D eigenvalue weighted by atomic mass is 16.5. The van der Waals surface area contributed by atoms with Crippen LogP contribution in [0.15, 0.2) is 48.5 Å². The molecule has 1 heterocycles. The lowest BCUT2D eigenvalue weighted by Crippen LogP contribution is -2.28. The van der Waals surface area contributed by atoms with E-state index in [4.69, 9.17) is 4.74 Å². The largest absolute Gasteiger partial charge is 0.426 e. The molecule has 0 N–H and O–H groups in total. The van der Waals surface area contributed by atoms with Crippen molar-refractivity contribution in [3.8, 4) is 5.75 Å². The lowest BCUT2D eigenvalue weighted by Gasteiger charge is -2.19. The molecular formula is C22H25NO3. The molecule has 0 spiro atoms. The Kier molecular flexibility index (Phi) is 5.40. The number of para-hydroxylation sites is 2. The quantitative estimate of drug-likeness (QED) is 0.590. The summed E-state index contributed by atoms with van der Waals surface area (Å²) in [5.41, 5.74) is 2.92. The van der Waals surface area contributed by atoms with Gasteiger partial charge in [0, 0.05) is 18.7 Å². The van der Waals surface area contributed by atoms with Gasteiger partial charge in [-0.15, -0.1) is 0 Å². The number of rotatable bonds is 5. The van der Waals surface area contributed by atoms with Crippen molar-refractivity contribution in [2.24, 2.45) is 5.92 Å². The third-order valence-corrected chi connectivity index (χ3v) is 5.14. The molecule has 1 aliphatic heterocycles. The lowest BCUT2D eigenvalue weighted by atomic mass is 9.98. The highest BCUT2D eigenvalue weighted by Gasteiger charge is 2.37. The van der Waals surface area contributed by atoms with Crippen molar-refractivity contribution < 1.29 is 14.3 Å². The van der Waals surface area contributed by atoms with Gasteiger partial charge in [0.1, 0.15) is 5.75 Å². The maximum Gasteiger partial charge on any atom is 0.316 e. The third-order valence-electron chi connectivity index (χ3n) is 5.14. The molecule has 0 unspecified atom stereocenters. The smallest absolute Gasteiger partial charge is 0.316 e. The number of esters is 1. The van der Waals surface area contributed by atoms with E-state index in [1.165, 1.54) is 0 Å².